The standard InChI is InChI=1S/C10H10N4O/c11-5-8-1-2-9(6-13-8)14-4-3-12-10(15)7-14/h1-2,6H,3-4,7H2,(H,12,15). The lowest BCUT2D eigenvalue weighted by Gasteiger charge is -2.28. The van der Waals surface area contributed by atoms with Crippen LogP contribution >= 0.6 is 0 Å². The topological polar surface area (TPSA) is 69.0 Å². The Balaban J connectivity index is 2.15. The summed E-state index contributed by atoms with van der Waals surface area (Å²) < 4.78 is 0. The molecule has 0 aliphatic carbocycles. The van der Waals surface area contributed by atoms with E-state index in [0.717, 1.165) is 12.2 Å². The third-order valence-electron chi connectivity index (χ3n) is 2.27. The van der Waals surface area contributed by atoms with Crippen LogP contribution in [-0.2, 0) is 4.79 Å². The minimum absolute atomic E-state index is 0.0191. The summed E-state index contributed by atoms with van der Waals surface area (Å²) in [7, 11) is 0. The molecule has 0 radical (unpaired) electrons. The highest BCUT2D eigenvalue weighted by atomic mass is 16.2. The van der Waals surface area contributed by atoms with E-state index in [9.17, 15) is 4.79 Å². The van der Waals surface area contributed by atoms with Crippen LogP contribution in [0, 0.1) is 11.3 Å². The van der Waals surface area contributed by atoms with Crippen LogP contribution in [0.15, 0.2) is 18.3 Å². The lowest BCUT2D eigenvalue weighted by atomic mass is 10.3. The predicted octanol–water partition coefficient (Wildman–Crippen LogP) is -0.111. The Bertz CT molecular complexity index is 406. The minimum Gasteiger partial charge on any atom is -0.359 e. The van der Waals surface area contributed by atoms with Crippen molar-refractivity contribution in [3.05, 3.63) is 24.0 Å². The Hall–Kier alpha value is -2.09. The van der Waals surface area contributed by atoms with Gasteiger partial charge in [-0.1, -0.05) is 0 Å². The molecule has 5 heteroatoms. The van der Waals surface area contributed by atoms with E-state index in [1.807, 2.05) is 17.0 Å². The number of aromatic nitrogens is 1. The van der Waals surface area contributed by atoms with E-state index in [4.69, 9.17) is 5.26 Å². The molecule has 1 amide bonds. The number of nitrogens with one attached hydrogen (secondary N) is 1. The van der Waals surface area contributed by atoms with Gasteiger partial charge in [0.2, 0.25) is 5.91 Å². The molecule has 15 heavy (non-hydrogen) atoms. The van der Waals surface area contributed by atoms with E-state index in [1.54, 1.807) is 12.3 Å². The van der Waals surface area contributed by atoms with E-state index in [1.165, 1.54) is 0 Å². The van der Waals surface area contributed by atoms with Crippen LogP contribution in [0.2, 0.25) is 0 Å². The molecule has 0 spiro atoms. The van der Waals surface area contributed by atoms with Crippen molar-refractivity contribution >= 4 is 11.6 Å². The highest BCUT2D eigenvalue weighted by Crippen LogP contribution is 2.13. The summed E-state index contributed by atoms with van der Waals surface area (Å²) in [5, 5.41) is 11.3. The number of hydrogen-bond donors (Lipinski definition) is 1. The van der Waals surface area contributed by atoms with Gasteiger partial charge in [-0.2, -0.15) is 5.26 Å². The van der Waals surface area contributed by atoms with Crippen LogP contribution in [0.3, 0.4) is 0 Å². The third kappa shape index (κ3) is 2.05. The molecule has 1 aromatic heterocycles. The van der Waals surface area contributed by atoms with Gasteiger partial charge in [0.1, 0.15) is 11.8 Å². The normalized spacial score (nSPS) is 15.7. The smallest absolute Gasteiger partial charge is 0.239 e. The van der Waals surface area contributed by atoms with Crippen molar-refractivity contribution in [2.45, 2.75) is 0 Å². The maximum absolute atomic E-state index is 11.1. The van der Waals surface area contributed by atoms with Crippen molar-refractivity contribution < 1.29 is 4.79 Å². The molecular formula is C10H10N4O. The molecule has 2 heterocycles. The van der Waals surface area contributed by atoms with Gasteiger partial charge in [0.15, 0.2) is 0 Å². The minimum atomic E-state index is 0.0191. The molecule has 2 rings (SSSR count). The number of piperazine rings is 1. The zero-order valence-electron chi connectivity index (χ0n) is 8.10. The van der Waals surface area contributed by atoms with Gasteiger partial charge < -0.3 is 10.2 Å². The summed E-state index contributed by atoms with van der Waals surface area (Å²) in [5.41, 5.74) is 1.27. The fraction of sp³-hybridized carbons (Fsp3) is 0.300. The zero-order valence-corrected chi connectivity index (χ0v) is 8.10. The van der Waals surface area contributed by atoms with E-state index in [-0.39, 0.29) is 5.91 Å². The van der Waals surface area contributed by atoms with Gasteiger partial charge in [-0.05, 0) is 12.1 Å². The number of anilines is 1. The Morgan fingerprint density at radius 1 is 1.53 bits per heavy atom. The molecule has 5 nitrogen and oxygen atoms in total. The van der Waals surface area contributed by atoms with Gasteiger partial charge in [0, 0.05) is 13.1 Å². The fourth-order valence-electron chi connectivity index (χ4n) is 1.50. The SMILES string of the molecule is N#Cc1ccc(N2CCNC(=O)C2)cn1. The lowest BCUT2D eigenvalue weighted by Crippen LogP contribution is -2.47. The molecule has 0 aromatic carbocycles. The third-order valence-corrected chi connectivity index (χ3v) is 2.27. The Labute approximate surface area is 87.3 Å². The molecule has 1 aliphatic rings. The zero-order chi connectivity index (χ0) is 10.7. The van der Waals surface area contributed by atoms with E-state index >= 15 is 0 Å². The van der Waals surface area contributed by atoms with Crippen molar-refractivity contribution in [3.63, 3.8) is 0 Å². The van der Waals surface area contributed by atoms with Crippen molar-refractivity contribution in [1.29, 1.82) is 5.26 Å². The van der Waals surface area contributed by atoms with Crippen LogP contribution in [0.5, 0.6) is 0 Å². The number of amides is 1. The van der Waals surface area contributed by atoms with Crippen LogP contribution < -0.4 is 10.2 Å². The van der Waals surface area contributed by atoms with E-state index in [0.29, 0.717) is 18.8 Å². The Morgan fingerprint density at radius 3 is 3.00 bits per heavy atom. The highest BCUT2D eigenvalue weighted by Gasteiger charge is 2.16. The molecule has 1 aliphatic heterocycles. The van der Waals surface area contributed by atoms with E-state index in [2.05, 4.69) is 10.3 Å². The number of pyridine rings is 1. The van der Waals surface area contributed by atoms with Gasteiger partial charge in [-0.15, -0.1) is 0 Å². The Kier molecular flexibility index (Phi) is 2.50. The molecule has 0 unspecified atom stereocenters. The van der Waals surface area contributed by atoms with Crippen molar-refractivity contribution in [2.75, 3.05) is 24.5 Å². The molecule has 1 aromatic rings. The number of rotatable bonds is 1. The van der Waals surface area contributed by atoms with Crippen molar-refractivity contribution in [3.8, 4) is 6.07 Å². The van der Waals surface area contributed by atoms with Crippen molar-refractivity contribution in [2.24, 2.45) is 0 Å². The molecule has 0 saturated carbocycles. The first-order valence-corrected chi connectivity index (χ1v) is 4.67. The quantitative estimate of drug-likeness (QED) is 0.689. The van der Waals surface area contributed by atoms with Gasteiger partial charge in [-0.3, -0.25) is 4.79 Å². The second-order valence-corrected chi connectivity index (χ2v) is 3.28. The first-order chi connectivity index (χ1) is 7.29. The van der Waals surface area contributed by atoms with Gasteiger partial charge in [0.25, 0.3) is 0 Å². The molecule has 1 N–H and O–H groups in total. The number of nitriles is 1. The first-order valence-electron chi connectivity index (χ1n) is 4.67. The number of hydrogen-bond acceptors (Lipinski definition) is 4. The van der Waals surface area contributed by atoms with Gasteiger partial charge in [0.05, 0.1) is 18.4 Å². The summed E-state index contributed by atoms with van der Waals surface area (Å²) in [6, 6.07) is 5.42. The van der Waals surface area contributed by atoms with Crippen molar-refractivity contribution in [1.82, 2.24) is 10.3 Å². The molecule has 0 bridgehead atoms. The molecular weight excluding hydrogens is 192 g/mol. The number of carbonyl (C=O) groups excluding carboxylic acids is 1. The molecule has 76 valence electrons. The summed E-state index contributed by atoms with van der Waals surface area (Å²) in [6.07, 6.45) is 1.62. The largest absolute Gasteiger partial charge is 0.359 e. The maximum atomic E-state index is 11.1. The lowest BCUT2D eigenvalue weighted by molar-refractivity contribution is -0.120. The number of carbonyl (C=O) groups is 1. The van der Waals surface area contributed by atoms with Crippen LogP contribution in [0.25, 0.3) is 0 Å². The average molecular weight is 202 g/mol. The van der Waals surface area contributed by atoms with Crippen LogP contribution in [0.1, 0.15) is 5.69 Å². The summed E-state index contributed by atoms with van der Waals surface area (Å²) in [5.74, 6) is 0.0191. The van der Waals surface area contributed by atoms with Gasteiger partial charge in [-0.25, -0.2) is 4.98 Å². The predicted molar refractivity (Wildman–Crippen MR) is 54.2 cm³/mol. The van der Waals surface area contributed by atoms with Gasteiger partial charge >= 0.3 is 0 Å². The second-order valence-electron chi connectivity index (χ2n) is 3.28. The summed E-state index contributed by atoms with van der Waals surface area (Å²) in [6.45, 7) is 1.78. The number of nitrogens with zero attached hydrogens (tertiary/aromatic N) is 3. The summed E-state index contributed by atoms with van der Waals surface area (Å²) >= 11 is 0. The highest BCUT2D eigenvalue weighted by molar-refractivity contribution is 5.82. The first kappa shape index (κ1) is 9.46. The molecule has 0 atom stereocenters. The maximum Gasteiger partial charge on any atom is 0.239 e. The molecule has 1 fully saturated rings. The fourth-order valence-corrected chi connectivity index (χ4v) is 1.50. The van der Waals surface area contributed by atoms with Crippen LogP contribution in [-0.4, -0.2) is 30.5 Å². The second kappa shape index (κ2) is 3.96. The van der Waals surface area contributed by atoms with Crippen LogP contribution in [0.4, 0.5) is 5.69 Å². The molecule has 1 saturated heterocycles. The summed E-state index contributed by atoms with van der Waals surface area (Å²) in [4.78, 5) is 17.0. The average Bonchev–Trinajstić information content (AvgIpc) is 2.29. The van der Waals surface area contributed by atoms with E-state index < -0.39 is 0 Å². The Morgan fingerprint density at radius 2 is 2.40 bits per heavy atom. The monoisotopic (exact) mass is 202 g/mol.